The van der Waals surface area contributed by atoms with Crippen LogP contribution in [0.4, 0.5) is 14.5 Å². The van der Waals surface area contributed by atoms with Gasteiger partial charge in [0.05, 0.1) is 6.61 Å². The standard InChI is InChI=1S/C13H19F2N3O2/c1-8(2)18(4-5-20-3)12-10(14)6-9(7-11(12)15)13(16)17-19/h6-8,19H,4-5H2,1-3H3,(H2,16,17). The number of anilines is 1. The molecule has 0 radical (unpaired) electrons. The Hall–Kier alpha value is -1.89. The lowest BCUT2D eigenvalue weighted by molar-refractivity contribution is 0.203. The summed E-state index contributed by atoms with van der Waals surface area (Å²) in [6.45, 7) is 4.35. The van der Waals surface area contributed by atoms with E-state index in [9.17, 15) is 8.78 Å². The van der Waals surface area contributed by atoms with Crippen molar-refractivity contribution in [3.8, 4) is 0 Å². The lowest BCUT2D eigenvalue weighted by Gasteiger charge is -2.29. The first-order valence-electron chi connectivity index (χ1n) is 6.14. The second-order valence-corrected chi connectivity index (χ2v) is 4.55. The van der Waals surface area contributed by atoms with E-state index in [0.717, 1.165) is 12.1 Å². The van der Waals surface area contributed by atoms with E-state index in [-0.39, 0.29) is 23.1 Å². The minimum Gasteiger partial charge on any atom is -0.409 e. The monoisotopic (exact) mass is 287 g/mol. The van der Waals surface area contributed by atoms with Crippen molar-refractivity contribution in [3.63, 3.8) is 0 Å². The third-order valence-corrected chi connectivity index (χ3v) is 2.87. The summed E-state index contributed by atoms with van der Waals surface area (Å²) in [7, 11) is 1.52. The third-order valence-electron chi connectivity index (χ3n) is 2.87. The van der Waals surface area contributed by atoms with Crippen LogP contribution in [0.3, 0.4) is 0 Å². The van der Waals surface area contributed by atoms with Crippen LogP contribution in [-0.4, -0.2) is 37.3 Å². The van der Waals surface area contributed by atoms with E-state index in [4.69, 9.17) is 15.7 Å². The van der Waals surface area contributed by atoms with Crippen molar-refractivity contribution >= 4 is 11.5 Å². The van der Waals surface area contributed by atoms with Crippen LogP contribution in [-0.2, 0) is 4.74 Å². The minimum absolute atomic E-state index is 0.0123. The van der Waals surface area contributed by atoms with Crippen LogP contribution in [0.2, 0.25) is 0 Å². The maximum absolute atomic E-state index is 14.1. The Morgan fingerprint density at radius 3 is 2.35 bits per heavy atom. The van der Waals surface area contributed by atoms with Crippen LogP contribution in [0.25, 0.3) is 0 Å². The number of amidine groups is 1. The molecule has 7 heteroatoms. The molecule has 1 aromatic rings. The number of nitrogens with zero attached hydrogens (tertiary/aromatic N) is 2. The SMILES string of the molecule is COCCN(c1c(F)cc(C(N)=NO)cc1F)C(C)C. The molecule has 1 rings (SSSR count). The molecule has 0 aliphatic carbocycles. The average molecular weight is 287 g/mol. The van der Waals surface area contributed by atoms with Gasteiger partial charge in [-0.05, 0) is 26.0 Å². The molecule has 112 valence electrons. The lowest BCUT2D eigenvalue weighted by atomic mass is 10.1. The van der Waals surface area contributed by atoms with Gasteiger partial charge in [-0.1, -0.05) is 5.16 Å². The van der Waals surface area contributed by atoms with E-state index in [0.29, 0.717) is 13.2 Å². The maximum Gasteiger partial charge on any atom is 0.170 e. The molecule has 5 nitrogen and oxygen atoms in total. The van der Waals surface area contributed by atoms with Crippen LogP contribution in [0.1, 0.15) is 19.4 Å². The van der Waals surface area contributed by atoms with Crippen LogP contribution in [0.5, 0.6) is 0 Å². The van der Waals surface area contributed by atoms with Gasteiger partial charge in [0.2, 0.25) is 0 Å². The van der Waals surface area contributed by atoms with Crippen molar-refractivity contribution in [2.75, 3.05) is 25.2 Å². The van der Waals surface area contributed by atoms with Crippen molar-refractivity contribution in [3.05, 3.63) is 29.3 Å². The highest BCUT2D eigenvalue weighted by Gasteiger charge is 2.21. The molecule has 0 aliphatic rings. The van der Waals surface area contributed by atoms with Crippen molar-refractivity contribution in [1.82, 2.24) is 0 Å². The molecule has 0 fully saturated rings. The highest BCUT2D eigenvalue weighted by Crippen LogP contribution is 2.26. The molecule has 0 spiro atoms. The fraction of sp³-hybridized carbons (Fsp3) is 0.462. The molecule has 0 aromatic heterocycles. The Labute approximate surface area is 116 Å². The number of nitrogens with two attached hydrogens (primary N) is 1. The molecule has 0 amide bonds. The Balaban J connectivity index is 3.23. The molecule has 0 saturated carbocycles. The number of halogens is 2. The molecule has 3 N–H and O–H groups in total. The topological polar surface area (TPSA) is 71.1 Å². The van der Waals surface area contributed by atoms with Gasteiger partial charge in [-0.25, -0.2) is 8.78 Å². The summed E-state index contributed by atoms with van der Waals surface area (Å²) in [4.78, 5) is 1.56. The molecule has 20 heavy (non-hydrogen) atoms. The number of ether oxygens (including phenoxy) is 1. The molecule has 0 bridgehead atoms. The first-order valence-corrected chi connectivity index (χ1v) is 6.14. The molecule has 0 unspecified atom stereocenters. The summed E-state index contributed by atoms with van der Waals surface area (Å²) < 4.78 is 33.2. The molecular formula is C13H19F2N3O2. The summed E-state index contributed by atoms with van der Waals surface area (Å²) in [6, 6.07) is 1.97. The van der Waals surface area contributed by atoms with Gasteiger partial charge in [-0.3, -0.25) is 0 Å². The van der Waals surface area contributed by atoms with E-state index < -0.39 is 11.6 Å². The molecular weight excluding hydrogens is 268 g/mol. The van der Waals surface area contributed by atoms with Crippen LogP contribution >= 0.6 is 0 Å². The van der Waals surface area contributed by atoms with Crippen molar-refractivity contribution < 1.29 is 18.7 Å². The maximum atomic E-state index is 14.1. The molecule has 1 aromatic carbocycles. The van der Waals surface area contributed by atoms with Gasteiger partial charge < -0.3 is 20.6 Å². The molecule has 0 heterocycles. The van der Waals surface area contributed by atoms with Gasteiger partial charge in [-0.2, -0.15) is 0 Å². The Kier molecular flexibility index (Phi) is 5.69. The molecule has 0 aliphatic heterocycles. The van der Waals surface area contributed by atoms with Gasteiger partial charge in [-0.15, -0.1) is 0 Å². The Bertz CT molecular complexity index is 469. The summed E-state index contributed by atoms with van der Waals surface area (Å²) in [5, 5.41) is 11.3. The minimum atomic E-state index is -0.767. The first-order chi connectivity index (χ1) is 9.42. The number of hydrogen-bond donors (Lipinski definition) is 2. The van der Waals surface area contributed by atoms with Crippen LogP contribution < -0.4 is 10.6 Å². The zero-order chi connectivity index (χ0) is 15.3. The zero-order valence-corrected chi connectivity index (χ0v) is 11.7. The fourth-order valence-corrected chi connectivity index (χ4v) is 1.86. The summed E-state index contributed by atoms with van der Waals surface area (Å²) in [5.74, 6) is -1.88. The highest BCUT2D eigenvalue weighted by atomic mass is 19.1. The second-order valence-electron chi connectivity index (χ2n) is 4.55. The number of rotatable bonds is 6. The third kappa shape index (κ3) is 3.57. The first kappa shape index (κ1) is 16.2. The Morgan fingerprint density at radius 2 is 1.95 bits per heavy atom. The number of benzene rings is 1. The van der Waals surface area contributed by atoms with Crippen molar-refractivity contribution in [2.24, 2.45) is 10.9 Å². The summed E-state index contributed by atoms with van der Waals surface area (Å²) in [6.07, 6.45) is 0. The van der Waals surface area contributed by atoms with E-state index in [1.165, 1.54) is 7.11 Å². The number of hydrogen-bond acceptors (Lipinski definition) is 4. The second kappa shape index (κ2) is 7.04. The normalized spacial score (nSPS) is 12.0. The van der Waals surface area contributed by atoms with Crippen molar-refractivity contribution in [1.29, 1.82) is 0 Å². The van der Waals surface area contributed by atoms with E-state index >= 15 is 0 Å². The van der Waals surface area contributed by atoms with Crippen molar-refractivity contribution in [2.45, 2.75) is 19.9 Å². The van der Waals surface area contributed by atoms with Gasteiger partial charge in [0.25, 0.3) is 0 Å². The Morgan fingerprint density at radius 1 is 1.40 bits per heavy atom. The van der Waals surface area contributed by atoms with E-state index in [1.54, 1.807) is 4.90 Å². The summed E-state index contributed by atoms with van der Waals surface area (Å²) >= 11 is 0. The largest absolute Gasteiger partial charge is 0.409 e. The number of oxime groups is 1. The predicted octanol–water partition coefficient (Wildman–Crippen LogP) is 1.92. The van der Waals surface area contributed by atoms with E-state index in [2.05, 4.69) is 5.16 Å². The summed E-state index contributed by atoms with van der Waals surface area (Å²) in [5.41, 5.74) is 5.17. The quantitative estimate of drug-likeness (QED) is 0.363. The van der Waals surface area contributed by atoms with Gasteiger partial charge in [0.1, 0.15) is 17.3 Å². The average Bonchev–Trinajstić information content (AvgIpc) is 2.40. The highest BCUT2D eigenvalue weighted by molar-refractivity contribution is 5.97. The predicted molar refractivity (Wildman–Crippen MR) is 73.2 cm³/mol. The molecule has 0 atom stereocenters. The lowest BCUT2D eigenvalue weighted by Crippen LogP contribution is -2.35. The van der Waals surface area contributed by atoms with Gasteiger partial charge in [0.15, 0.2) is 5.84 Å². The van der Waals surface area contributed by atoms with Gasteiger partial charge in [0, 0.05) is 25.3 Å². The molecule has 0 saturated heterocycles. The smallest absolute Gasteiger partial charge is 0.170 e. The van der Waals surface area contributed by atoms with Gasteiger partial charge >= 0.3 is 0 Å². The zero-order valence-electron chi connectivity index (χ0n) is 11.7. The van der Waals surface area contributed by atoms with Crippen LogP contribution in [0, 0.1) is 11.6 Å². The fourth-order valence-electron chi connectivity index (χ4n) is 1.86. The van der Waals surface area contributed by atoms with Crippen LogP contribution in [0.15, 0.2) is 17.3 Å². The number of methoxy groups -OCH3 is 1. The van der Waals surface area contributed by atoms with E-state index in [1.807, 2.05) is 13.8 Å².